The normalized spacial score (nSPS) is 22.1. The molecule has 2 aliphatic heterocycles. The fourth-order valence-electron chi connectivity index (χ4n) is 3.91. The molecule has 2 heterocycles. The highest BCUT2D eigenvalue weighted by atomic mass is 32.3. The molecule has 1 saturated carbocycles. The molecule has 4 rings (SSSR count). The van der Waals surface area contributed by atoms with E-state index >= 15 is 0 Å². The molecule has 3 fully saturated rings. The van der Waals surface area contributed by atoms with Gasteiger partial charge in [-0.1, -0.05) is 0 Å². The summed E-state index contributed by atoms with van der Waals surface area (Å²) in [6.07, 6.45) is 0.726. The fourth-order valence-corrected chi connectivity index (χ4v) is 4.37. The van der Waals surface area contributed by atoms with Crippen molar-refractivity contribution in [1.29, 1.82) is 0 Å². The number of nitrogens with zero attached hydrogens (tertiary/aromatic N) is 1. The van der Waals surface area contributed by atoms with Gasteiger partial charge in [-0.2, -0.15) is 8.42 Å². The monoisotopic (exact) mass is 470 g/mol. The van der Waals surface area contributed by atoms with Crippen LogP contribution in [0, 0.1) is 11.8 Å². The van der Waals surface area contributed by atoms with Gasteiger partial charge in [0.25, 0.3) is 5.91 Å². The molecule has 3 unspecified atom stereocenters. The van der Waals surface area contributed by atoms with E-state index in [0.717, 1.165) is 18.6 Å². The maximum absolute atomic E-state index is 12.9. The third kappa shape index (κ3) is 5.56. The van der Waals surface area contributed by atoms with Crippen LogP contribution < -0.4 is 5.32 Å². The molecule has 1 N–H and O–H groups in total. The molecule has 3 aliphatic rings. The predicted octanol–water partition coefficient (Wildman–Crippen LogP) is 2.26. The van der Waals surface area contributed by atoms with Gasteiger partial charge in [-0.3, -0.25) is 9.59 Å². The molecule has 9 nitrogen and oxygen atoms in total. The van der Waals surface area contributed by atoms with Gasteiger partial charge in [-0.15, -0.1) is 3.89 Å². The summed E-state index contributed by atoms with van der Waals surface area (Å²) >= 11 is 0. The van der Waals surface area contributed by atoms with Crippen LogP contribution >= 0.6 is 0 Å². The molecular weight excluding hydrogens is 443 g/mol. The molecule has 0 aromatic heterocycles. The summed E-state index contributed by atoms with van der Waals surface area (Å²) in [6.45, 7) is 6.20. The van der Waals surface area contributed by atoms with Crippen molar-refractivity contribution in [3.8, 4) is 0 Å². The maximum Gasteiger partial charge on any atom is 0.410 e. The summed E-state index contributed by atoms with van der Waals surface area (Å²) in [5.41, 5.74) is -0.417. The molecule has 32 heavy (non-hydrogen) atoms. The van der Waals surface area contributed by atoms with Gasteiger partial charge in [0.15, 0.2) is 0 Å². The average Bonchev–Trinajstić information content (AvgIpc) is 3.26. The van der Waals surface area contributed by atoms with Gasteiger partial charge in [0, 0.05) is 24.7 Å². The lowest BCUT2D eigenvalue weighted by Crippen LogP contribution is -2.47. The maximum atomic E-state index is 12.9. The van der Waals surface area contributed by atoms with Crippen LogP contribution in [0.2, 0.25) is 0 Å². The third-order valence-corrected chi connectivity index (χ3v) is 6.28. The number of carbonyl (C=O) groups is 3. The first-order valence-corrected chi connectivity index (χ1v) is 11.7. The zero-order valence-corrected chi connectivity index (χ0v) is 19.0. The van der Waals surface area contributed by atoms with Gasteiger partial charge in [-0.25, -0.2) is 4.79 Å². The van der Waals surface area contributed by atoms with Crippen molar-refractivity contribution in [3.63, 3.8) is 0 Å². The Morgan fingerprint density at radius 1 is 1.19 bits per heavy atom. The van der Waals surface area contributed by atoms with E-state index in [1.54, 1.807) is 25.7 Å². The fraction of sp³-hybridized carbons (Fsp3) is 0.571. The summed E-state index contributed by atoms with van der Waals surface area (Å²) < 4.78 is 45.2. The summed E-state index contributed by atoms with van der Waals surface area (Å²) in [5, 5.41) is 2.62. The Morgan fingerprint density at radius 2 is 1.84 bits per heavy atom. The topological polar surface area (TPSA) is 119 Å². The van der Waals surface area contributed by atoms with Gasteiger partial charge in [-0.05, 0) is 63.8 Å². The molecule has 2 bridgehead atoms. The summed E-state index contributed by atoms with van der Waals surface area (Å²) in [7, 11) is -4.81. The van der Waals surface area contributed by atoms with Crippen molar-refractivity contribution in [3.05, 3.63) is 29.8 Å². The van der Waals surface area contributed by atoms with Crippen LogP contribution in [0.15, 0.2) is 29.2 Å². The second-order valence-electron chi connectivity index (χ2n) is 8.96. The Hall–Kier alpha value is -2.69. The number of rotatable bonds is 7. The van der Waals surface area contributed by atoms with Crippen molar-refractivity contribution in [2.75, 3.05) is 19.7 Å². The molecule has 1 aliphatic carbocycles. The standard InChI is InChI=1S/C21H27FN2O7S/c1-21(2,3)31-20(27)24-12-14-11-16(24)17(14)19(26)30-10-4-9-23-18(25)13-5-7-15(8-6-13)32(22,28)29/h5-8,14,16-17H,4,9-12H2,1-3H3,(H,23,25). The number of ether oxygens (including phenoxy) is 2. The minimum atomic E-state index is -4.81. The Morgan fingerprint density at radius 3 is 2.44 bits per heavy atom. The second kappa shape index (κ2) is 9.05. The number of halogens is 1. The van der Waals surface area contributed by atoms with Gasteiger partial charge >= 0.3 is 22.3 Å². The number of benzene rings is 1. The number of nitrogens with one attached hydrogen (secondary N) is 1. The van der Waals surface area contributed by atoms with E-state index in [1.807, 2.05) is 0 Å². The van der Waals surface area contributed by atoms with Gasteiger partial charge in [0.2, 0.25) is 0 Å². The Kier molecular flexibility index (Phi) is 6.77. The largest absolute Gasteiger partial charge is 0.465 e. The zero-order valence-electron chi connectivity index (χ0n) is 18.2. The van der Waals surface area contributed by atoms with E-state index in [0.29, 0.717) is 13.0 Å². The molecule has 0 spiro atoms. The van der Waals surface area contributed by atoms with Crippen LogP contribution in [-0.2, 0) is 24.5 Å². The second-order valence-corrected chi connectivity index (χ2v) is 10.3. The van der Waals surface area contributed by atoms with Crippen molar-refractivity contribution in [1.82, 2.24) is 10.2 Å². The lowest BCUT2D eigenvalue weighted by atomic mass is 9.74. The van der Waals surface area contributed by atoms with Gasteiger partial charge in [0.1, 0.15) is 5.60 Å². The van der Waals surface area contributed by atoms with E-state index in [4.69, 9.17) is 9.47 Å². The smallest absolute Gasteiger partial charge is 0.410 e. The van der Waals surface area contributed by atoms with E-state index in [-0.39, 0.29) is 42.6 Å². The highest BCUT2D eigenvalue weighted by Crippen LogP contribution is 2.47. The van der Waals surface area contributed by atoms with Crippen molar-refractivity contribution >= 4 is 28.2 Å². The van der Waals surface area contributed by atoms with Crippen LogP contribution in [0.1, 0.15) is 44.0 Å². The highest BCUT2D eigenvalue weighted by molar-refractivity contribution is 7.86. The summed E-state index contributed by atoms with van der Waals surface area (Å²) in [5.74, 6) is -1.07. The average molecular weight is 471 g/mol. The quantitative estimate of drug-likeness (QED) is 0.369. The van der Waals surface area contributed by atoms with E-state index < -0.39 is 32.7 Å². The van der Waals surface area contributed by atoms with Crippen LogP contribution in [0.3, 0.4) is 0 Å². The number of hydrogen-bond donors (Lipinski definition) is 1. The Balaban J connectivity index is 1.37. The molecule has 11 heteroatoms. The van der Waals surface area contributed by atoms with Crippen LogP contribution in [0.25, 0.3) is 0 Å². The van der Waals surface area contributed by atoms with Crippen LogP contribution in [0.4, 0.5) is 8.68 Å². The molecule has 176 valence electrons. The number of esters is 1. The lowest BCUT2D eigenvalue weighted by Gasteiger charge is -2.34. The summed E-state index contributed by atoms with van der Waals surface area (Å²) in [6, 6.07) is 4.26. The first-order chi connectivity index (χ1) is 14.9. The molecule has 3 atom stereocenters. The Labute approximate surface area is 186 Å². The molecular formula is C21H27FN2O7S. The van der Waals surface area contributed by atoms with E-state index in [1.165, 1.54) is 12.1 Å². The zero-order chi connectivity index (χ0) is 23.7. The van der Waals surface area contributed by atoms with Crippen LogP contribution in [-0.4, -0.2) is 62.6 Å². The van der Waals surface area contributed by atoms with E-state index in [9.17, 15) is 26.7 Å². The van der Waals surface area contributed by atoms with E-state index in [2.05, 4.69) is 5.32 Å². The molecule has 2 saturated heterocycles. The van der Waals surface area contributed by atoms with Gasteiger partial charge in [0.05, 0.1) is 17.4 Å². The van der Waals surface area contributed by atoms with Crippen molar-refractivity contribution in [2.24, 2.45) is 11.8 Å². The molecule has 1 aromatic rings. The number of hydrogen-bond acceptors (Lipinski definition) is 7. The predicted molar refractivity (Wildman–Crippen MR) is 111 cm³/mol. The SMILES string of the molecule is CC(C)(C)OC(=O)N1CC2CC1C2C(=O)OCCCNC(=O)c1ccc(S(=O)(=O)F)cc1. The number of amides is 2. The molecule has 0 radical (unpaired) electrons. The number of fused-ring (bicyclic) bond motifs is 1. The molecule has 1 aromatic carbocycles. The van der Waals surface area contributed by atoms with Crippen LogP contribution in [0.5, 0.6) is 0 Å². The molecule has 2 amide bonds. The van der Waals surface area contributed by atoms with Crippen molar-refractivity contribution < 1.29 is 36.2 Å². The summed E-state index contributed by atoms with van der Waals surface area (Å²) in [4.78, 5) is 37.8. The van der Waals surface area contributed by atoms with Gasteiger partial charge < -0.3 is 19.7 Å². The number of carbonyl (C=O) groups excluding carboxylic acids is 3. The highest BCUT2D eigenvalue weighted by Gasteiger charge is 2.58. The first-order valence-electron chi connectivity index (χ1n) is 10.4. The minimum Gasteiger partial charge on any atom is -0.465 e. The lowest BCUT2D eigenvalue weighted by molar-refractivity contribution is -0.154. The van der Waals surface area contributed by atoms with Crippen molar-refractivity contribution in [2.45, 2.75) is 50.2 Å². The third-order valence-electron chi connectivity index (χ3n) is 5.45. The first kappa shape index (κ1) is 24.0. The Bertz CT molecular complexity index is 988. The minimum absolute atomic E-state index is 0.0795.